The lowest BCUT2D eigenvalue weighted by molar-refractivity contribution is -0.150. The minimum atomic E-state index is -0.377. The lowest BCUT2D eigenvalue weighted by Crippen LogP contribution is -2.45. The molecule has 9 nitrogen and oxygen atoms in total. The molecular formula is C27H44N4O5S2. The van der Waals surface area contributed by atoms with Crippen LogP contribution in [0.3, 0.4) is 0 Å². The zero-order valence-corrected chi connectivity index (χ0v) is 25.5. The SMILES string of the molecule is CCCC(C)(C)N(C)C(=O)OCc1c(-c2ccc(O[C@H]3CCC[C@H](C(=O)OCC)C3)cc2)nnn1C.S.S. The molecular weight excluding hydrogens is 524 g/mol. The van der Waals surface area contributed by atoms with Crippen LogP contribution in [-0.2, 0) is 27.9 Å². The summed E-state index contributed by atoms with van der Waals surface area (Å²) in [5.41, 5.74) is 1.94. The first-order valence-electron chi connectivity index (χ1n) is 12.9. The lowest BCUT2D eigenvalue weighted by atomic mass is 9.87. The maximum absolute atomic E-state index is 12.7. The number of benzene rings is 1. The van der Waals surface area contributed by atoms with Crippen LogP contribution in [-0.4, -0.2) is 57.3 Å². The average Bonchev–Trinajstić information content (AvgIpc) is 3.23. The Bertz CT molecular complexity index is 1030. The summed E-state index contributed by atoms with van der Waals surface area (Å²) in [7, 11) is 3.55. The molecule has 0 aliphatic heterocycles. The van der Waals surface area contributed by atoms with E-state index in [-0.39, 0.29) is 63.2 Å². The molecule has 1 heterocycles. The number of rotatable bonds is 10. The van der Waals surface area contributed by atoms with Crippen molar-refractivity contribution in [1.82, 2.24) is 19.9 Å². The molecule has 2 aromatic rings. The molecule has 0 N–H and O–H groups in total. The van der Waals surface area contributed by atoms with Crippen molar-refractivity contribution < 1.29 is 23.8 Å². The smallest absolute Gasteiger partial charge is 0.410 e. The third-order valence-electron chi connectivity index (χ3n) is 7.00. The molecule has 3 rings (SSSR count). The standard InChI is InChI=1S/C27H40N4O5.2H2S/c1-7-16-27(3,4)30(5)26(33)35-18-23-24(28-29-31(23)6)19-12-14-21(15-13-19)36-22-11-9-10-20(17-22)25(32)34-8-2;;/h12-15,20,22H,7-11,16-18H2,1-6H3;2*1H2/t20-,22-;;/m0../s1. The van der Waals surface area contributed by atoms with Gasteiger partial charge in [-0.1, -0.05) is 18.6 Å². The third kappa shape index (κ3) is 8.56. The largest absolute Gasteiger partial charge is 0.490 e. The second-order valence-electron chi connectivity index (χ2n) is 10.1. The number of carbonyl (C=O) groups is 2. The summed E-state index contributed by atoms with van der Waals surface area (Å²) < 4.78 is 18.6. The molecule has 1 aromatic carbocycles. The Balaban J connectivity index is 0.00000361. The molecule has 214 valence electrons. The molecule has 0 radical (unpaired) electrons. The van der Waals surface area contributed by atoms with Gasteiger partial charge in [0.25, 0.3) is 0 Å². The highest BCUT2D eigenvalue weighted by Crippen LogP contribution is 2.30. The van der Waals surface area contributed by atoms with Gasteiger partial charge >= 0.3 is 12.1 Å². The van der Waals surface area contributed by atoms with Crippen LogP contribution in [0.15, 0.2) is 24.3 Å². The predicted molar refractivity (Wildman–Crippen MR) is 157 cm³/mol. The van der Waals surface area contributed by atoms with Crippen LogP contribution in [0.4, 0.5) is 4.79 Å². The second kappa shape index (κ2) is 15.3. The number of hydrogen-bond acceptors (Lipinski definition) is 7. The molecule has 1 aliphatic rings. The number of aromatic nitrogens is 3. The van der Waals surface area contributed by atoms with Gasteiger partial charge in [0.15, 0.2) is 0 Å². The van der Waals surface area contributed by atoms with E-state index in [0.717, 1.165) is 43.4 Å². The molecule has 0 spiro atoms. The predicted octanol–water partition coefficient (Wildman–Crippen LogP) is 5.36. The van der Waals surface area contributed by atoms with Gasteiger partial charge < -0.3 is 19.1 Å². The summed E-state index contributed by atoms with van der Waals surface area (Å²) in [6.45, 7) is 8.46. The highest BCUT2D eigenvalue weighted by Gasteiger charge is 2.30. The van der Waals surface area contributed by atoms with Crippen molar-refractivity contribution in [2.45, 2.75) is 84.5 Å². The molecule has 11 heteroatoms. The van der Waals surface area contributed by atoms with Crippen LogP contribution in [0.1, 0.15) is 71.9 Å². The maximum atomic E-state index is 12.7. The van der Waals surface area contributed by atoms with Crippen molar-refractivity contribution in [1.29, 1.82) is 0 Å². The van der Waals surface area contributed by atoms with E-state index >= 15 is 0 Å². The van der Waals surface area contributed by atoms with E-state index in [9.17, 15) is 9.59 Å². The molecule has 1 saturated carbocycles. The Morgan fingerprint density at radius 1 is 1.11 bits per heavy atom. The fourth-order valence-electron chi connectivity index (χ4n) is 4.63. The number of esters is 1. The molecule has 1 aliphatic carbocycles. The Kier molecular flexibility index (Phi) is 13.5. The van der Waals surface area contributed by atoms with E-state index < -0.39 is 0 Å². The van der Waals surface area contributed by atoms with E-state index in [0.29, 0.717) is 24.4 Å². The maximum Gasteiger partial charge on any atom is 0.410 e. The lowest BCUT2D eigenvalue weighted by Gasteiger charge is -2.34. The number of carbonyl (C=O) groups excluding carboxylic acids is 2. The number of amides is 1. The van der Waals surface area contributed by atoms with E-state index in [2.05, 4.69) is 17.2 Å². The molecule has 0 unspecified atom stereocenters. The van der Waals surface area contributed by atoms with Crippen molar-refractivity contribution in [3.8, 4) is 17.0 Å². The van der Waals surface area contributed by atoms with Gasteiger partial charge in [-0.2, -0.15) is 27.0 Å². The summed E-state index contributed by atoms with van der Waals surface area (Å²) in [6.07, 6.45) is 4.85. The van der Waals surface area contributed by atoms with Crippen molar-refractivity contribution >= 4 is 39.1 Å². The fraction of sp³-hybridized carbons (Fsp3) is 0.630. The van der Waals surface area contributed by atoms with Gasteiger partial charge in [-0.3, -0.25) is 4.79 Å². The molecule has 0 bridgehead atoms. The van der Waals surface area contributed by atoms with Crippen LogP contribution in [0.2, 0.25) is 0 Å². The summed E-state index contributed by atoms with van der Waals surface area (Å²) in [5, 5.41) is 8.43. The molecule has 2 atom stereocenters. The van der Waals surface area contributed by atoms with E-state index in [1.165, 1.54) is 0 Å². The number of nitrogens with zero attached hydrogens (tertiary/aromatic N) is 4. The van der Waals surface area contributed by atoms with Crippen molar-refractivity contribution in [3.63, 3.8) is 0 Å². The average molecular weight is 569 g/mol. The number of aryl methyl sites for hydroxylation is 1. The van der Waals surface area contributed by atoms with Crippen molar-refractivity contribution in [2.75, 3.05) is 13.7 Å². The van der Waals surface area contributed by atoms with Crippen LogP contribution >= 0.6 is 27.0 Å². The summed E-state index contributed by atoms with van der Waals surface area (Å²) in [6, 6.07) is 7.64. The molecule has 1 amide bonds. The van der Waals surface area contributed by atoms with Gasteiger partial charge in [0.1, 0.15) is 23.7 Å². The third-order valence-corrected chi connectivity index (χ3v) is 7.00. The summed E-state index contributed by atoms with van der Waals surface area (Å²) in [4.78, 5) is 26.4. The van der Waals surface area contributed by atoms with Crippen LogP contribution in [0.5, 0.6) is 5.75 Å². The summed E-state index contributed by atoms with van der Waals surface area (Å²) in [5.74, 6) is 0.515. The van der Waals surface area contributed by atoms with Gasteiger partial charge in [-0.05, 0) is 77.1 Å². The minimum absolute atomic E-state index is 0. The highest BCUT2D eigenvalue weighted by molar-refractivity contribution is 7.59. The Morgan fingerprint density at radius 2 is 1.79 bits per heavy atom. The first kappa shape index (κ1) is 33.6. The molecule has 38 heavy (non-hydrogen) atoms. The Morgan fingerprint density at radius 3 is 2.42 bits per heavy atom. The van der Waals surface area contributed by atoms with Gasteiger partial charge in [-0.25, -0.2) is 9.48 Å². The zero-order chi connectivity index (χ0) is 26.3. The van der Waals surface area contributed by atoms with Gasteiger partial charge in [0.05, 0.1) is 18.6 Å². The van der Waals surface area contributed by atoms with E-state index in [1.54, 1.807) is 23.7 Å². The van der Waals surface area contributed by atoms with Crippen molar-refractivity contribution in [3.05, 3.63) is 30.0 Å². The topological polar surface area (TPSA) is 95.8 Å². The summed E-state index contributed by atoms with van der Waals surface area (Å²) >= 11 is 0. The van der Waals surface area contributed by atoms with E-state index in [1.807, 2.05) is 45.0 Å². The fourth-order valence-corrected chi connectivity index (χ4v) is 4.63. The monoisotopic (exact) mass is 568 g/mol. The first-order valence-corrected chi connectivity index (χ1v) is 12.9. The van der Waals surface area contributed by atoms with Gasteiger partial charge in [-0.15, -0.1) is 5.10 Å². The Hall–Kier alpha value is -2.40. The van der Waals surface area contributed by atoms with Crippen LogP contribution in [0.25, 0.3) is 11.3 Å². The van der Waals surface area contributed by atoms with Crippen molar-refractivity contribution in [2.24, 2.45) is 13.0 Å². The van der Waals surface area contributed by atoms with Crippen LogP contribution in [0, 0.1) is 5.92 Å². The van der Waals surface area contributed by atoms with Gasteiger partial charge in [0.2, 0.25) is 0 Å². The number of ether oxygens (including phenoxy) is 3. The molecule has 1 aromatic heterocycles. The molecule has 1 fully saturated rings. The number of hydrogen-bond donors (Lipinski definition) is 0. The Labute approximate surface area is 240 Å². The first-order chi connectivity index (χ1) is 17.2. The van der Waals surface area contributed by atoms with E-state index in [4.69, 9.17) is 14.2 Å². The quantitative estimate of drug-likeness (QED) is 0.356. The normalized spacial score (nSPS) is 17.0. The zero-order valence-electron chi connectivity index (χ0n) is 23.5. The van der Waals surface area contributed by atoms with Crippen LogP contribution < -0.4 is 4.74 Å². The minimum Gasteiger partial charge on any atom is -0.490 e. The highest BCUT2D eigenvalue weighted by atomic mass is 32.1. The second-order valence-corrected chi connectivity index (χ2v) is 10.1. The van der Waals surface area contributed by atoms with Gasteiger partial charge in [0, 0.05) is 25.2 Å². The molecule has 0 saturated heterocycles.